The van der Waals surface area contributed by atoms with E-state index in [9.17, 15) is 14.4 Å². The molecule has 8 heteroatoms. The number of carbonyl (C=O) groups is 2. The van der Waals surface area contributed by atoms with Crippen molar-refractivity contribution < 1.29 is 19.1 Å². The van der Waals surface area contributed by atoms with Crippen LogP contribution in [0, 0.1) is 5.92 Å². The van der Waals surface area contributed by atoms with Crippen molar-refractivity contribution in [3.8, 4) is 11.4 Å². The molecular formula is C24H21N3O5. The van der Waals surface area contributed by atoms with E-state index >= 15 is 0 Å². The van der Waals surface area contributed by atoms with E-state index in [0.717, 1.165) is 27.7 Å². The zero-order chi connectivity index (χ0) is 22.4. The number of cyclic esters (lactones) is 1. The van der Waals surface area contributed by atoms with Gasteiger partial charge in [0.15, 0.2) is 0 Å². The summed E-state index contributed by atoms with van der Waals surface area (Å²) < 4.78 is 12.7. The second-order valence-electron chi connectivity index (χ2n) is 9.03. The summed E-state index contributed by atoms with van der Waals surface area (Å²) in [6, 6.07) is 8.95. The van der Waals surface area contributed by atoms with Gasteiger partial charge in [0.1, 0.15) is 12.6 Å². The summed E-state index contributed by atoms with van der Waals surface area (Å²) in [5, 5.41) is 1.000. The highest BCUT2D eigenvalue weighted by molar-refractivity contribution is 5.94. The van der Waals surface area contributed by atoms with Gasteiger partial charge in [0.05, 0.1) is 29.0 Å². The van der Waals surface area contributed by atoms with Crippen LogP contribution in [0.5, 0.6) is 0 Å². The Bertz CT molecular complexity index is 1420. The Labute approximate surface area is 183 Å². The number of rotatable bonds is 3. The lowest BCUT2D eigenvalue weighted by Gasteiger charge is -2.45. The third-order valence-electron chi connectivity index (χ3n) is 6.79. The molecule has 0 saturated heterocycles. The Morgan fingerprint density at radius 1 is 1.25 bits per heavy atom. The first-order chi connectivity index (χ1) is 15.3. The number of carbonyl (C=O) groups excluding carboxylic acids is 2. The molecule has 0 radical (unpaired) electrons. The van der Waals surface area contributed by atoms with Crippen LogP contribution in [0.25, 0.3) is 22.3 Å². The molecule has 0 unspecified atom stereocenters. The van der Waals surface area contributed by atoms with Crippen LogP contribution in [0.15, 0.2) is 35.1 Å². The summed E-state index contributed by atoms with van der Waals surface area (Å²) in [6.45, 7) is 3.87. The molecule has 0 spiro atoms. The van der Waals surface area contributed by atoms with Crippen LogP contribution in [0.3, 0.4) is 0 Å². The van der Waals surface area contributed by atoms with Gasteiger partial charge >= 0.3 is 11.9 Å². The predicted molar refractivity (Wildman–Crippen MR) is 115 cm³/mol. The summed E-state index contributed by atoms with van der Waals surface area (Å²) in [5.41, 5.74) is 8.93. The van der Waals surface area contributed by atoms with Crippen molar-refractivity contribution in [2.45, 2.75) is 45.1 Å². The summed E-state index contributed by atoms with van der Waals surface area (Å²) >= 11 is 0. The van der Waals surface area contributed by atoms with Crippen LogP contribution >= 0.6 is 0 Å². The van der Waals surface area contributed by atoms with Crippen LogP contribution in [0.2, 0.25) is 0 Å². The van der Waals surface area contributed by atoms with E-state index in [0.29, 0.717) is 23.4 Å². The van der Waals surface area contributed by atoms with Gasteiger partial charge in [-0.25, -0.2) is 9.78 Å². The first kappa shape index (κ1) is 19.2. The quantitative estimate of drug-likeness (QED) is 0.492. The zero-order valence-corrected chi connectivity index (χ0v) is 17.7. The number of benzene rings is 1. The SMILES string of the molecule is CC(C)[C@H](N)C(=O)O[C@@]12Cc3c1c(c(=O)n1c3-c3nc4ccccc4cc3C1)COC2=O. The summed E-state index contributed by atoms with van der Waals surface area (Å²) in [5.74, 6) is -1.50. The fraction of sp³-hybridized carbons (Fsp3) is 0.333. The second-order valence-corrected chi connectivity index (χ2v) is 9.03. The maximum absolute atomic E-state index is 13.4. The molecule has 0 amide bonds. The van der Waals surface area contributed by atoms with Crippen LogP contribution in [0.4, 0.5) is 0 Å². The summed E-state index contributed by atoms with van der Waals surface area (Å²) in [7, 11) is 0. The number of nitrogens with zero attached hydrogens (tertiary/aromatic N) is 2. The molecule has 2 aliphatic heterocycles. The molecule has 1 aliphatic carbocycles. The highest BCUT2D eigenvalue weighted by Crippen LogP contribution is 2.52. The number of hydrogen-bond donors (Lipinski definition) is 1. The molecule has 1 aromatic carbocycles. The van der Waals surface area contributed by atoms with Crippen molar-refractivity contribution in [1.82, 2.24) is 9.55 Å². The number of pyridine rings is 2. The molecule has 32 heavy (non-hydrogen) atoms. The molecule has 3 aliphatic rings. The Morgan fingerprint density at radius 2 is 2.03 bits per heavy atom. The molecule has 0 fully saturated rings. The van der Waals surface area contributed by atoms with E-state index in [1.54, 1.807) is 18.4 Å². The van der Waals surface area contributed by atoms with Crippen LogP contribution in [-0.4, -0.2) is 27.5 Å². The summed E-state index contributed by atoms with van der Waals surface area (Å²) in [4.78, 5) is 43.7. The van der Waals surface area contributed by atoms with Crippen molar-refractivity contribution in [1.29, 1.82) is 0 Å². The normalized spacial score (nSPS) is 20.8. The Balaban J connectivity index is 1.54. The zero-order valence-electron chi connectivity index (χ0n) is 17.7. The van der Waals surface area contributed by atoms with E-state index in [2.05, 4.69) is 0 Å². The first-order valence-corrected chi connectivity index (χ1v) is 10.7. The summed E-state index contributed by atoms with van der Waals surface area (Å²) in [6.07, 6.45) is 0.133. The third kappa shape index (κ3) is 2.30. The number of nitrogens with two attached hydrogens (primary N) is 1. The fourth-order valence-corrected chi connectivity index (χ4v) is 5.01. The maximum Gasteiger partial charge on any atom is 0.356 e. The van der Waals surface area contributed by atoms with Crippen molar-refractivity contribution in [2.24, 2.45) is 11.7 Å². The van der Waals surface area contributed by atoms with Gasteiger partial charge in [0.2, 0.25) is 5.60 Å². The van der Waals surface area contributed by atoms with Gasteiger partial charge < -0.3 is 19.8 Å². The second kappa shape index (κ2) is 6.26. The van der Waals surface area contributed by atoms with Crippen LogP contribution in [0.1, 0.15) is 36.1 Å². The Morgan fingerprint density at radius 3 is 2.81 bits per heavy atom. The van der Waals surface area contributed by atoms with Gasteiger partial charge in [-0.3, -0.25) is 9.59 Å². The van der Waals surface area contributed by atoms with Gasteiger partial charge in [0, 0.05) is 22.9 Å². The van der Waals surface area contributed by atoms with Crippen molar-refractivity contribution in [3.63, 3.8) is 0 Å². The lowest BCUT2D eigenvalue weighted by molar-refractivity contribution is -0.194. The molecule has 162 valence electrons. The molecule has 2 N–H and O–H groups in total. The standard InChI is InChI=1S/C24H21N3O5/c1-11(2)18(25)22(29)32-24-8-14-17(24)15(10-31-23(24)30)21(28)27-9-13-7-12-5-3-4-6-16(12)26-19(13)20(14)27/h3-7,11,18H,8-10,25H2,1-2H3/t18-,24-/m0/s1. The Hall–Kier alpha value is -3.52. The smallest absolute Gasteiger partial charge is 0.356 e. The van der Waals surface area contributed by atoms with Gasteiger partial charge in [-0.05, 0) is 23.6 Å². The molecule has 0 bridgehead atoms. The monoisotopic (exact) mass is 431 g/mol. The van der Waals surface area contributed by atoms with Gasteiger partial charge in [-0.1, -0.05) is 32.0 Å². The lowest BCUT2D eigenvalue weighted by atomic mass is 9.69. The number of fused-ring (bicyclic) bond motifs is 5. The largest absolute Gasteiger partial charge is 0.457 e. The third-order valence-corrected chi connectivity index (χ3v) is 6.79. The van der Waals surface area contributed by atoms with E-state index < -0.39 is 23.6 Å². The average Bonchev–Trinajstić information content (AvgIpc) is 3.12. The minimum absolute atomic E-state index is 0.133. The maximum atomic E-state index is 13.4. The topological polar surface area (TPSA) is 114 Å². The molecule has 6 rings (SSSR count). The van der Waals surface area contributed by atoms with Crippen LogP contribution in [-0.2, 0) is 44.2 Å². The highest BCUT2D eigenvalue weighted by Gasteiger charge is 2.61. The first-order valence-electron chi connectivity index (χ1n) is 10.7. The van der Waals surface area contributed by atoms with Crippen molar-refractivity contribution >= 4 is 22.8 Å². The number of para-hydroxylation sites is 1. The van der Waals surface area contributed by atoms with Gasteiger partial charge in [0.25, 0.3) is 5.56 Å². The molecular weight excluding hydrogens is 410 g/mol. The number of hydrogen-bond acceptors (Lipinski definition) is 7. The lowest BCUT2D eigenvalue weighted by Crippen LogP contribution is -2.58. The average molecular weight is 431 g/mol. The molecule has 2 atom stereocenters. The van der Waals surface area contributed by atoms with E-state index in [1.165, 1.54) is 0 Å². The van der Waals surface area contributed by atoms with Crippen molar-refractivity contribution in [3.05, 3.63) is 62.9 Å². The highest BCUT2D eigenvalue weighted by atomic mass is 16.6. The molecule has 0 saturated carbocycles. The minimum atomic E-state index is -1.61. The van der Waals surface area contributed by atoms with Crippen LogP contribution < -0.4 is 11.3 Å². The predicted octanol–water partition coefficient (Wildman–Crippen LogP) is 1.76. The molecule has 2 aromatic heterocycles. The fourth-order valence-electron chi connectivity index (χ4n) is 5.01. The van der Waals surface area contributed by atoms with Gasteiger partial charge in [-0.15, -0.1) is 0 Å². The van der Waals surface area contributed by atoms with Gasteiger partial charge in [-0.2, -0.15) is 0 Å². The molecule has 4 heterocycles. The number of aromatic nitrogens is 2. The Kier molecular flexibility index (Phi) is 3.75. The molecule has 8 nitrogen and oxygen atoms in total. The van der Waals surface area contributed by atoms with E-state index in [4.69, 9.17) is 20.2 Å². The number of esters is 2. The van der Waals surface area contributed by atoms with E-state index in [1.807, 2.05) is 30.3 Å². The van der Waals surface area contributed by atoms with E-state index in [-0.39, 0.29) is 24.5 Å². The molecule has 3 aromatic rings. The van der Waals surface area contributed by atoms with Crippen molar-refractivity contribution in [2.75, 3.05) is 0 Å². The number of ether oxygens (including phenoxy) is 2. The minimum Gasteiger partial charge on any atom is -0.457 e.